The lowest BCUT2D eigenvalue weighted by Crippen LogP contribution is -2.30. The van der Waals surface area contributed by atoms with Crippen LogP contribution < -0.4 is 0 Å². The van der Waals surface area contributed by atoms with Crippen molar-refractivity contribution in [3.8, 4) is 0 Å². The van der Waals surface area contributed by atoms with Gasteiger partial charge in [0.2, 0.25) is 0 Å². The molecule has 1 atom stereocenters. The lowest BCUT2D eigenvalue weighted by Gasteiger charge is -2.18. The molecule has 0 rings (SSSR count). The van der Waals surface area contributed by atoms with Crippen molar-refractivity contribution in [2.45, 2.75) is 354 Å². The summed E-state index contributed by atoms with van der Waals surface area (Å²) in [7, 11) is 0. The minimum Gasteiger partial charge on any atom is -0.462 e. The van der Waals surface area contributed by atoms with E-state index in [9.17, 15) is 14.4 Å². The fourth-order valence-electron chi connectivity index (χ4n) is 9.97. The molecule has 0 amide bonds. The molecule has 462 valence electrons. The zero-order chi connectivity index (χ0) is 57.8. The monoisotopic (exact) mass is 1110 g/mol. The van der Waals surface area contributed by atoms with Crippen molar-refractivity contribution < 1.29 is 28.6 Å². The summed E-state index contributed by atoms with van der Waals surface area (Å²) < 4.78 is 17.0. The molecular formula is C74H130O6. The van der Waals surface area contributed by atoms with E-state index in [-0.39, 0.29) is 31.1 Å². The van der Waals surface area contributed by atoms with Gasteiger partial charge in [0.1, 0.15) is 13.2 Å². The summed E-state index contributed by atoms with van der Waals surface area (Å²) in [5, 5.41) is 0. The molecule has 0 aromatic carbocycles. The summed E-state index contributed by atoms with van der Waals surface area (Å²) in [6.45, 7) is 6.55. The SMILES string of the molecule is CC/C=C\C/C=C\C/C=C\C/C=C\CCCCCCCCCCC(=O)OC(COC(=O)CCCCCCCCCCCCCC/C=C\C/C=C\C/C=C\CCCCCCC)COC(=O)CCCCCCCCCCCCCCCC. The maximum absolute atomic E-state index is 12.9. The van der Waals surface area contributed by atoms with Crippen molar-refractivity contribution in [1.29, 1.82) is 0 Å². The predicted molar refractivity (Wildman–Crippen MR) is 348 cm³/mol. The van der Waals surface area contributed by atoms with E-state index < -0.39 is 6.10 Å². The zero-order valence-electron chi connectivity index (χ0n) is 53.1. The smallest absolute Gasteiger partial charge is 0.306 e. The van der Waals surface area contributed by atoms with Crippen LogP contribution in [-0.2, 0) is 28.6 Å². The van der Waals surface area contributed by atoms with E-state index in [1.54, 1.807) is 0 Å². The molecule has 0 saturated heterocycles. The normalized spacial score (nSPS) is 12.6. The summed E-state index contributed by atoms with van der Waals surface area (Å²) in [5.41, 5.74) is 0. The van der Waals surface area contributed by atoms with Crippen LogP contribution in [0.1, 0.15) is 348 Å². The Morgan fingerprint density at radius 3 is 0.762 bits per heavy atom. The van der Waals surface area contributed by atoms with Crippen molar-refractivity contribution in [2.24, 2.45) is 0 Å². The van der Waals surface area contributed by atoms with Crippen LogP contribution in [0.15, 0.2) is 85.1 Å². The van der Waals surface area contributed by atoms with Gasteiger partial charge in [-0.2, -0.15) is 0 Å². The van der Waals surface area contributed by atoms with Crippen molar-refractivity contribution >= 4 is 17.9 Å². The molecule has 0 aliphatic carbocycles. The third kappa shape index (κ3) is 65.4. The van der Waals surface area contributed by atoms with Crippen LogP contribution in [0.2, 0.25) is 0 Å². The highest BCUT2D eigenvalue weighted by atomic mass is 16.6. The number of carbonyl (C=O) groups is 3. The number of carbonyl (C=O) groups excluding carboxylic acids is 3. The van der Waals surface area contributed by atoms with Crippen molar-refractivity contribution in [2.75, 3.05) is 13.2 Å². The molecule has 0 spiro atoms. The fraction of sp³-hybridized carbons (Fsp3) is 0.770. The van der Waals surface area contributed by atoms with Crippen LogP contribution in [0.3, 0.4) is 0 Å². The molecule has 0 bridgehead atoms. The number of allylic oxidation sites excluding steroid dienone is 14. The van der Waals surface area contributed by atoms with Gasteiger partial charge in [-0.05, 0) is 96.3 Å². The van der Waals surface area contributed by atoms with E-state index in [2.05, 4.69) is 106 Å². The van der Waals surface area contributed by atoms with Crippen LogP contribution in [0.4, 0.5) is 0 Å². The molecule has 0 N–H and O–H groups in total. The van der Waals surface area contributed by atoms with Gasteiger partial charge in [-0.1, -0.05) is 318 Å². The number of hydrogen-bond donors (Lipinski definition) is 0. The molecule has 0 aromatic rings. The minimum absolute atomic E-state index is 0.0767. The van der Waals surface area contributed by atoms with Gasteiger partial charge in [0.15, 0.2) is 6.10 Å². The lowest BCUT2D eigenvalue weighted by atomic mass is 10.0. The molecule has 80 heavy (non-hydrogen) atoms. The maximum atomic E-state index is 12.9. The van der Waals surface area contributed by atoms with Crippen molar-refractivity contribution in [3.05, 3.63) is 85.1 Å². The van der Waals surface area contributed by atoms with E-state index in [1.165, 1.54) is 205 Å². The van der Waals surface area contributed by atoms with Crippen molar-refractivity contribution in [3.63, 3.8) is 0 Å². The van der Waals surface area contributed by atoms with E-state index >= 15 is 0 Å². The van der Waals surface area contributed by atoms with Gasteiger partial charge in [0.05, 0.1) is 0 Å². The number of hydrogen-bond acceptors (Lipinski definition) is 6. The first-order valence-corrected chi connectivity index (χ1v) is 34.6. The third-order valence-corrected chi connectivity index (χ3v) is 15.1. The van der Waals surface area contributed by atoms with Gasteiger partial charge in [-0.3, -0.25) is 14.4 Å². The number of unbranched alkanes of at least 4 members (excludes halogenated alkanes) is 38. The fourth-order valence-corrected chi connectivity index (χ4v) is 9.97. The molecule has 6 nitrogen and oxygen atoms in total. The highest BCUT2D eigenvalue weighted by Gasteiger charge is 2.19. The number of esters is 3. The number of rotatable bonds is 63. The van der Waals surface area contributed by atoms with Gasteiger partial charge in [-0.25, -0.2) is 0 Å². The highest BCUT2D eigenvalue weighted by Crippen LogP contribution is 2.17. The Labute approximate surface area is 496 Å². The lowest BCUT2D eigenvalue weighted by molar-refractivity contribution is -0.167. The van der Waals surface area contributed by atoms with Crippen LogP contribution in [0, 0.1) is 0 Å². The molecule has 0 heterocycles. The van der Waals surface area contributed by atoms with E-state index in [0.29, 0.717) is 19.3 Å². The molecule has 6 heteroatoms. The molecule has 0 fully saturated rings. The first kappa shape index (κ1) is 76.6. The summed E-state index contributed by atoms with van der Waals surface area (Å²) in [6, 6.07) is 0. The van der Waals surface area contributed by atoms with E-state index in [0.717, 1.165) is 103 Å². The Hall–Kier alpha value is -3.41. The van der Waals surface area contributed by atoms with E-state index in [1.807, 2.05) is 0 Å². The zero-order valence-corrected chi connectivity index (χ0v) is 53.1. The summed E-state index contributed by atoms with van der Waals surface area (Å²) >= 11 is 0. The van der Waals surface area contributed by atoms with Crippen LogP contribution in [-0.4, -0.2) is 37.2 Å². The Balaban J connectivity index is 4.30. The topological polar surface area (TPSA) is 78.9 Å². The summed E-state index contributed by atoms with van der Waals surface area (Å²) in [4.78, 5) is 38.4. The Morgan fingerprint density at radius 1 is 0.263 bits per heavy atom. The number of ether oxygens (including phenoxy) is 3. The van der Waals surface area contributed by atoms with Gasteiger partial charge >= 0.3 is 17.9 Å². The summed E-state index contributed by atoms with van der Waals surface area (Å²) in [6.07, 6.45) is 90.2. The molecule has 0 aliphatic heterocycles. The van der Waals surface area contributed by atoms with Gasteiger partial charge < -0.3 is 14.2 Å². The molecular weight excluding hydrogens is 985 g/mol. The van der Waals surface area contributed by atoms with Gasteiger partial charge in [0.25, 0.3) is 0 Å². The first-order chi connectivity index (χ1) is 39.5. The van der Waals surface area contributed by atoms with Crippen LogP contribution in [0.25, 0.3) is 0 Å². The van der Waals surface area contributed by atoms with Crippen molar-refractivity contribution in [1.82, 2.24) is 0 Å². The molecule has 1 unspecified atom stereocenters. The quantitative estimate of drug-likeness (QED) is 0.0261. The largest absolute Gasteiger partial charge is 0.462 e. The molecule has 0 saturated carbocycles. The molecule has 0 radical (unpaired) electrons. The van der Waals surface area contributed by atoms with Crippen LogP contribution in [0.5, 0.6) is 0 Å². The second kappa shape index (κ2) is 68.1. The van der Waals surface area contributed by atoms with E-state index in [4.69, 9.17) is 14.2 Å². The Bertz CT molecular complexity index is 1520. The van der Waals surface area contributed by atoms with Gasteiger partial charge in [0, 0.05) is 19.3 Å². The minimum atomic E-state index is -0.782. The average molecular weight is 1120 g/mol. The third-order valence-electron chi connectivity index (χ3n) is 15.1. The second-order valence-electron chi connectivity index (χ2n) is 23.1. The first-order valence-electron chi connectivity index (χ1n) is 34.6. The predicted octanol–water partition coefficient (Wildman–Crippen LogP) is 23.8. The standard InChI is InChI=1S/C74H130O6/c1-4-7-10-13-16-19-22-25-28-30-32-34-35-36-37-38-39-41-42-44-46-49-52-55-58-61-64-67-73(76)79-70-71(69-78-72(75)66-63-60-57-54-51-48-27-24-21-18-15-12-9-6-3)80-74(77)68-65-62-59-56-53-50-47-45-43-40-33-31-29-26-23-20-17-14-11-8-5-2/h8,11,17,20,22,25-26,29-30,32-33,35-36,40,71H,4-7,9-10,12-16,18-19,21,23-24,27-28,31,34,37-39,41-70H2,1-3H3/b11-8-,20-17-,25-22-,29-26-,32-30-,36-35-,40-33-. The molecule has 0 aromatic heterocycles. The highest BCUT2D eigenvalue weighted by molar-refractivity contribution is 5.71. The van der Waals surface area contributed by atoms with Crippen LogP contribution >= 0.6 is 0 Å². The second-order valence-corrected chi connectivity index (χ2v) is 23.1. The Morgan fingerprint density at radius 2 is 0.487 bits per heavy atom. The maximum Gasteiger partial charge on any atom is 0.306 e. The molecule has 0 aliphatic rings. The Kier molecular flexibility index (Phi) is 65.2. The average Bonchev–Trinajstić information content (AvgIpc) is 3.46. The summed E-state index contributed by atoms with van der Waals surface area (Å²) in [5.74, 6) is -0.869. The van der Waals surface area contributed by atoms with Gasteiger partial charge in [-0.15, -0.1) is 0 Å².